The third-order valence-electron chi connectivity index (χ3n) is 0.806. The normalized spacial score (nSPS) is 15.7. The highest BCUT2D eigenvalue weighted by atomic mass is 32.2. The molecule has 0 radical (unpaired) electrons. The summed E-state index contributed by atoms with van der Waals surface area (Å²) in [6.07, 6.45) is 1.69. The largest absolute Gasteiger partial charge is 0.616 e. The van der Waals surface area contributed by atoms with Crippen LogP contribution in [0.2, 0.25) is 0 Å². The fourth-order valence-electron chi connectivity index (χ4n) is 0.318. The zero-order valence-electron chi connectivity index (χ0n) is 6.52. The SMILES string of the molecule is C[S+]([O-])CNC(C)(C)C. The van der Waals surface area contributed by atoms with Crippen molar-refractivity contribution in [2.45, 2.75) is 26.3 Å². The van der Waals surface area contributed by atoms with Gasteiger partial charge in [-0.15, -0.1) is 0 Å². The molecule has 0 aromatic heterocycles. The van der Waals surface area contributed by atoms with Crippen LogP contribution >= 0.6 is 0 Å². The quantitative estimate of drug-likeness (QED) is 0.587. The Bertz CT molecular complexity index is 77.6. The molecule has 0 bridgehead atoms. The Kier molecular flexibility index (Phi) is 3.54. The molecule has 1 unspecified atom stereocenters. The topological polar surface area (TPSA) is 35.1 Å². The van der Waals surface area contributed by atoms with E-state index in [4.69, 9.17) is 0 Å². The Balaban J connectivity index is 3.28. The Hall–Kier alpha value is 0.270. The van der Waals surface area contributed by atoms with Gasteiger partial charge in [0.15, 0.2) is 5.88 Å². The van der Waals surface area contributed by atoms with Gasteiger partial charge in [0.2, 0.25) is 0 Å². The molecule has 0 saturated carbocycles. The van der Waals surface area contributed by atoms with Gasteiger partial charge in [-0.1, -0.05) is 0 Å². The molecule has 0 heterocycles. The van der Waals surface area contributed by atoms with Gasteiger partial charge < -0.3 is 4.55 Å². The molecule has 0 aliphatic rings. The van der Waals surface area contributed by atoms with Crippen LogP contribution in [0.25, 0.3) is 0 Å². The van der Waals surface area contributed by atoms with E-state index in [1.807, 2.05) is 0 Å². The molecule has 9 heavy (non-hydrogen) atoms. The highest BCUT2D eigenvalue weighted by molar-refractivity contribution is 7.90. The van der Waals surface area contributed by atoms with Crippen LogP contribution in [-0.2, 0) is 11.2 Å². The molecular weight excluding hydrogens is 134 g/mol. The van der Waals surface area contributed by atoms with Gasteiger partial charge in [0.25, 0.3) is 0 Å². The van der Waals surface area contributed by atoms with Crippen molar-refractivity contribution >= 4 is 11.2 Å². The molecular formula is C6H15NOS. The van der Waals surface area contributed by atoms with Crippen LogP contribution in [0.3, 0.4) is 0 Å². The summed E-state index contributed by atoms with van der Waals surface area (Å²) >= 11 is -0.723. The second kappa shape index (κ2) is 3.44. The third kappa shape index (κ3) is 8.27. The maximum absolute atomic E-state index is 10.5. The highest BCUT2D eigenvalue weighted by Gasteiger charge is 2.10. The molecule has 0 spiro atoms. The molecule has 0 saturated heterocycles. The Morgan fingerprint density at radius 1 is 1.44 bits per heavy atom. The average molecular weight is 149 g/mol. The highest BCUT2D eigenvalue weighted by Crippen LogP contribution is 1.97. The lowest BCUT2D eigenvalue weighted by atomic mass is 10.1. The first-order valence-electron chi connectivity index (χ1n) is 2.97. The molecule has 0 aromatic carbocycles. The summed E-state index contributed by atoms with van der Waals surface area (Å²) in [4.78, 5) is 0. The number of nitrogens with one attached hydrogen (secondary N) is 1. The molecule has 1 N–H and O–H groups in total. The van der Waals surface area contributed by atoms with Crippen molar-refractivity contribution in [3.8, 4) is 0 Å². The minimum atomic E-state index is -0.723. The van der Waals surface area contributed by atoms with Crippen LogP contribution in [0.4, 0.5) is 0 Å². The molecule has 56 valence electrons. The first kappa shape index (κ1) is 9.27. The van der Waals surface area contributed by atoms with Crippen molar-refractivity contribution in [3.05, 3.63) is 0 Å². The second-order valence-corrected chi connectivity index (χ2v) is 4.58. The van der Waals surface area contributed by atoms with E-state index in [-0.39, 0.29) is 5.54 Å². The minimum Gasteiger partial charge on any atom is -0.616 e. The summed E-state index contributed by atoms with van der Waals surface area (Å²) in [6, 6.07) is 0. The predicted molar refractivity (Wildman–Crippen MR) is 41.8 cm³/mol. The second-order valence-electron chi connectivity index (χ2n) is 3.14. The average Bonchev–Trinajstić information content (AvgIpc) is 1.59. The van der Waals surface area contributed by atoms with Crippen molar-refractivity contribution in [2.24, 2.45) is 0 Å². The molecule has 0 aliphatic carbocycles. The van der Waals surface area contributed by atoms with Crippen LogP contribution < -0.4 is 5.32 Å². The minimum absolute atomic E-state index is 0.0890. The van der Waals surface area contributed by atoms with E-state index < -0.39 is 11.2 Å². The van der Waals surface area contributed by atoms with Gasteiger partial charge in [0.1, 0.15) is 0 Å². The Labute approximate surface area is 60.2 Å². The smallest absolute Gasteiger partial charge is 0.157 e. The van der Waals surface area contributed by atoms with Crippen LogP contribution in [-0.4, -0.2) is 22.2 Å². The molecule has 0 amide bonds. The summed E-state index contributed by atoms with van der Waals surface area (Å²) in [7, 11) is 0. The van der Waals surface area contributed by atoms with E-state index in [2.05, 4.69) is 26.1 Å². The number of hydrogen-bond acceptors (Lipinski definition) is 2. The standard InChI is InChI=1S/C6H15NOS/c1-6(2,3)7-5-9(4)8/h7H,5H2,1-4H3. The van der Waals surface area contributed by atoms with Gasteiger partial charge in [0.05, 0.1) is 6.26 Å². The van der Waals surface area contributed by atoms with Crippen molar-refractivity contribution < 1.29 is 4.55 Å². The zero-order valence-corrected chi connectivity index (χ0v) is 7.34. The number of rotatable bonds is 2. The molecule has 3 heteroatoms. The van der Waals surface area contributed by atoms with E-state index in [0.29, 0.717) is 5.88 Å². The van der Waals surface area contributed by atoms with Crippen LogP contribution in [0.15, 0.2) is 0 Å². The van der Waals surface area contributed by atoms with Crippen molar-refractivity contribution in [1.82, 2.24) is 5.32 Å². The lowest BCUT2D eigenvalue weighted by Gasteiger charge is -2.20. The fraction of sp³-hybridized carbons (Fsp3) is 1.00. The van der Waals surface area contributed by atoms with Crippen LogP contribution in [0.1, 0.15) is 20.8 Å². The first-order chi connectivity index (χ1) is 3.92. The van der Waals surface area contributed by atoms with Crippen molar-refractivity contribution in [1.29, 1.82) is 0 Å². The van der Waals surface area contributed by atoms with Crippen molar-refractivity contribution in [2.75, 3.05) is 12.1 Å². The lowest BCUT2D eigenvalue weighted by molar-refractivity contribution is 0.453. The third-order valence-corrected chi connectivity index (χ3v) is 1.36. The van der Waals surface area contributed by atoms with E-state index in [9.17, 15) is 4.55 Å². The van der Waals surface area contributed by atoms with Gasteiger partial charge in [0, 0.05) is 5.54 Å². The molecule has 0 rings (SSSR count). The van der Waals surface area contributed by atoms with Crippen molar-refractivity contribution in [3.63, 3.8) is 0 Å². The van der Waals surface area contributed by atoms with Gasteiger partial charge in [-0.05, 0) is 31.9 Å². The fourth-order valence-corrected chi connectivity index (χ4v) is 0.954. The van der Waals surface area contributed by atoms with E-state index in [1.54, 1.807) is 6.26 Å². The van der Waals surface area contributed by atoms with Gasteiger partial charge >= 0.3 is 0 Å². The van der Waals surface area contributed by atoms with E-state index >= 15 is 0 Å². The van der Waals surface area contributed by atoms with Gasteiger partial charge in [-0.2, -0.15) is 0 Å². The molecule has 0 aliphatic heterocycles. The molecule has 2 nitrogen and oxygen atoms in total. The monoisotopic (exact) mass is 149 g/mol. The summed E-state index contributed by atoms with van der Waals surface area (Å²) in [6.45, 7) is 6.17. The van der Waals surface area contributed by atoms with Gasteiger partial charge in [-0.25, -0.2) is 0 Å². The molecule has 0 fully saturated rings. The number of hydrogen-bond donors (Lipinski definition) is 1. The van der Waals surface area contributed by atoms with E-state index in [1.165, 1.54) is 0 Å². The maximum Gasteiger partial charge on any atom is 0.157 e. The first-order valence-corrected chi connectivity index (χ1v) is 4.69. The summed E-state index contributed by atoms with van der Waals surface area (Å²) in [5.41, 5.74) is 0.0890. The predicted octanol–water partition coefficient (Wildman–Crippen LogP) is 0.710. The maximum atomic E-state index is 10.5. The Morgan fingerprint density at radius 2 is 1.89 bits per heavy atom. The van der Waals surface area contributed by atoms with Gasteiger partial charge in [-0.3, -0.25) is 5.32 Å². The summed E-state index contributed by atoms with van der Waals surface area (Å²) < 4.78 is 10.5. The Morgan fingerprint density at radius 3 is 2.00 bits per heavy atom. The molecule has 0 aromatic rings. The summed E-state index contributed by atoms with van der Waals surface area (Å²) in [5.74, 6) is 0.587. The van der Waals surface area contributed by atoms with E-state index in [0.717, 1.165) is 0 Å². The van der Waals surface area contributed by atoms with Crippen LogP contribution in [0.5, 0.6) is 0 Å². The molecule has 1 atom stereocenters. The lowest BCUT2D eigenvalue weighted by Crippen LogP contribution is -2.39. The summed E-state index contributed by atoms with van der Waals surface area (Å²) in [5, 5.41) is 3.12. The zero-order chi connectivity index (χ0) is 7.49. The van der Waals surface area contributed by atoms with Crippen LogP contribution in [0, 0.1) is 0 Å².